The van der Waals surface area contributed by atoms with Crippen LogP contribution in [0.5, 0.6) is 0 Å². The van der Waals surface area contributed by atoms with Gasteiger partial charge >= 0.3 is 207 Å². The second-order valence-electron chi connectivity index (χ2n) is 6.69. The molecule has 0 aromatic rings. The second-order valence-corrected chi connectivity index (χ2v) is 6.69. The molecule has 3 atom stereocenters. The van der Waals surface area contributed by atoms with Crippen LogP contribution in [0.25, 0.3) is 0 Å². The van der Waals surface area contributed by atoms with Gasteiger partial charge in [0.1, 0.15) is 5.60 Å². The minimum atomic E-state index is -3.94. The summed E-state index contributed by atoms with van der Waals surface area (Å²) in [5, 5.41) is 88.4. The molecule has 0 rings (SSSR count). The third-order valence-corrected chi connectivity index (χ3v) is 4.20. The molecule has 0 radical (unpaired) electrons. The van der Waals surface area contributed by atoms with Gasteiger partial charge in [-0.25, -0.2) is 0 Å². The number of nitrogens with zero attached hydrogens (tertiary/aromatic N) is 2. The molecular weight excluding hydrogens is 621 g/mol. The zero-order chi connectivity index (χ0) is 26.1. The van der Waals surface area contributed by atoms with Crippen molar-refractivity contribution in [3.8, 4) is 0 Å². The number of carbonyl (C=O) groups is 7. The van der Waals surface area contributed by atoms with Gasteiger partial charge in [-0.15, -0.1) is 0 Å². The van der Waals surface area contributed by atoms with Gasteiger partial charge in [-0.3, -0.25) is 9.80 Å². The molecule has 0 aliphatic heterocycles. The summed E-state index contributed by atoms with van der Waals surface area (Å²) in [4.78, 5) is 78.4. The van der Waals surface area contributed by atoms with Crippen LogP contribution < -0.4 is 243 Å². The number of hydrogen-bond acceptors (Lipinski definition) is 17. The molecule has 0 saturated heterocycles. The van der Waals surface area contributed by atoms with Crippen LogP contribution in [0.15, 0.2) is 0 Å². The smallest absolute Gasteiger partial charge is 0.550 e. The molecule has 24 heteroatoms. The Bertz CT molecular complexity index is 806. The van der Waals surface area contributed by atoms with E-state index in [1.165, 1.54) is 0 Å². The van der Waals surface area contributed by atoms with Crippen molar-refractivity contribution in [1.29, 1.82) is 0 Å². The van der Waals surface area contributed by atoms with E-state index in [-0.39, 0.29) is 217 Å². The van der Waals surface area contributed by atoms with Crippen molar-refractivity contribution >= 4 is 41.8 Å². The Morgan fingerprint density at radius 1 is 0.575 bits per heavy atom. The second kappa shape index (κ2) is 30.8. The summed E-state index contributed by atoms with van der Waals surface area (Å²) >= 11 is 0. The Labute approximate surface area is 382 Å². The van der Waals surface area contributed by atoms with Gasteiger partial charge in [0, 0.05) is 63.0 Å². The standard InChI is InChI=1S/C16H22N2O15.7Na/c19-8(20)1-16(33,15(31)32)13(14(29)30)7(18(5-11(25)26)6-12(27)28)2-17(3-9(21)22)4-10(23)24;;;;;;;/h7,13,33H,1-6H2,(H,19,20)(H,21,22)(H,23,24)(H,25,26)(H,27,28)(H,29,30)(H,31,32);;;;;;;/q;7*+1/p-7. The minimum Gasteiger partial charge on any atom is -0.550 e. The Morgan fingerprint density at radius 2 is 0.900 bits per heavy atom. The summed E-state index contributed by atoms with van der Waals surface area (Å²) in [7, 11) is 0. The molecule has 0 bridgehead atoms. The third kappa shape index (κ3) is 24.4. The van der Waals surface area contributed by atoms with Crippen LogP contribution in [0.4, 0.5) is 0 Å². The third-order valence-electron chi connectivity index (χ3n) is 4.20. The van der Waals surface area contributed by atoms with Crippen LogP contribution in [-0.4, -0.2) is 101 Å². The van der Waals surface area contributed by atoms with Crippen LogP contribution in [0.2, 0.25) is 0 Å². The van der Waals surface area contributed by atoms with Crippen molar-refractivity contribution in [3.63, 3.8) is 0 Å². The largest absolute Gasteiger partial charge is 1.00 e. The molecule has 3 unspecified atom stereocenters. The van der Waals surface area contributed by atoms with E-state index in [0.717, 1.165) is 0 Å². The van der Waals surface area contributed by atoms with Gasteiger partial charge in [-0.2, -0.15) is 0 Å². The number of carbonyl (C=O) groups excluding carboxylic acids is 7. The summed E-state index contributed by atoms with van der Waals surface area (Å²) in [6, 6.07) is -2.45. The van der Waals surface area contributed by atoms with E-state index in [1.807, 2.05) is 0 Å². The van der Waals surface area contributed by atoms with Crippen LogP contribution in [0.3, 0.4) is 0 Å². The molecular formula is C16H15N2Na7O15. The van der Waals surface area contributed by atoms with E-state index < -0.39 is 98.5 Å². The zero-order valence-corrected chi connectivity index (χ0v) is 37.5. The van der Waals surface area contributed by atoms with E-state index in [9.17, 15) is 74.4 Å². The number of rotatable bonds is 17. The first-order chi connectivity index (χ1) is 15.0. The first-order valence-electron chi connectivity index (χ1n) is 8.61. The Balaban J connectivity index is -0.000000244. The molecule has 0 aromatic carbocycles. The molecule has 0 spiro atoms. The quantitative estimate of drug-likeness (QED) is 0.145. The predicted molar refractivity (Wildman–Crippen MR) is 79.9 cm³/mol. The first kappa shape index (κ1) is 62.1. The molecule has 0 aliphatic carbocycles. The van der Waals surface area contributed by atoms with Gasteiger partial charge in [-0.1, -0.05) is 0 Å². The maximum Gasteiger partial charge on any atom is 1.00 e. The van der Waals surface area contributed by atoms with Crippen LogP contribution >= 0.6 is 0 Å². The summed E-state index contributed by atoms with van der Waals surface area (Å²) < 4.78 is 0. The van der Waals surface area contributed by atoms with Crippen molar-refractivity contribution in [1.82, 2.24) is 9.80 Å². The normalized spacial score (nSPS) is 12.2. The molecule has 0 amide bonds. The van der Waals surface area contributed by atoms with E-state index in [1.54, 1.807) is 0 Å². The molecule has 0 saturated carbocycles. The van der Waals surface area contributed by atoms with Crippen LogP contribution in [-0.2, 0) is 33.6 Å². The van der Waals surface area contributed by atoms with E-state index in [0.29, 0.717) is 0 Å². The van der Waals surface area contributed by atoms with E-state index >= 15 is 0 Å². The SMILES string of the molecule is O=C([O-])CN(CC(=O)[O-])CC(C(C(=O)[O-])C(O)(CC(=O)[O-])C(=O)[O-])N(CC(=O)[O-])CC(=O)[O-].[Na+].[Na+].[Na+].[Na+].[Na+].[Na+].[Na+]. The molecule has 0 heterocycles. The Morgan fingerprint density at radius 3 is 1.12 bits per heavy atom. The van der Waals surface area contributed by atoms with Gasteiger partial charge in [0.05, 0.1) is 29.8 Å². The first-order valence-corrected chi connectivity index (χ1v) is 8.61. The van der Waals surface area contributed by atoms with Gasteiger partial charge in [0.2, 0.25) is 0 Å². The van der Waals surface area contributed by atoms with Gasteiger partial charge in [0.25, 0.3) is 0 Å². The molecule has 0 fully saturated rings. The van der Waals surface area contributed by atoms with Crippen LogP contribution in [0, 0.1) is 5.92 Å². The van der Waals surface area contributed by atoms with Crippen molar-refractivity contribution in [2.45, 2.75) is 18.1 Å². The molecule has 17 nitrogen and oxygen atoms in total. The monoisotopic (exact) mass is 636 g/mol. The summed E-state index contributed by atoms with van der Waals surface area (Å²) in [6.45, 7) is -6.97. The number of carboxylic acid groups (broad SMARTS) is 7. The van der Waals surface area contributed by atoms with Gasteiger partial charge in [-0.05, 0) is 0 Å². The number of aliphatic carboxylic acids is 7. The summed E-state index contributed by atoms with van der Waals surface area (Å²) in [5.74, 6) is -18.9. The minimum absolute atomic E-state index is 0. The van der Waals surface area contributed by atoms with Crippen LogP contribution in [0.1, 0.15) is 6.42 Å². The molecule has 0 aliphatic rings. The number of hydrogen-bond donors (Lipinski definition) is 1. The van der Waals surface area contributed by atoms with E-state index in [4.69, 9.17) is 0 Å². The van der Waals surface area contributed by atoms with Crippen molar-refractivity contribution in [3.05, 3.63) is 0 Å². The molecule has 186 valence electrons. The predicted octanol–water partition coefficient (Wildman–Crippen LogP) is -34.0. The summed E-state index contributed by atoms with van der Waals surface area (Å²) in [5.41, 5.74) is -3.94. The topological polar surface area (TPSA) is 308 Å². The Kier molecular flexibility index (Phi) is 47.8. The van der Waals surface area contributed by atoms with Crippen molar-refractivity contribution in [2.75, 3.05) is 32.7 Å². The van der Waals surface area contributed by atoms with Gasteiger partial charge < -0.3 is 74.4 Å². The summed E-state index contributed by atoms with van der Waals surface area (Å²) in [6.07, 6.45) is -1.99. The fourth-order valence-electron chi connectivity index (χ4n) is 3.07. The molecule has 40 heavy (non-hydrogen) atoms. The van der Waals surface area contributed by atoms with Gasteiger partial charge in [0.15, 0.2) is 0 Å². The fourth-order valence-corrected chi connectivity index (χ4v) is 3.07. The Hall–Kier alpha value is 3.17. The maximum atomic E-state index is 11.8. The zero-order valence-electron chi connectivity index (χ0n) is 23.5. The number of carboxylic acids is 7. The van der Waals surface area contributed by atoms with Crippen molar-refractivity contribution in [2.24, 2.45) is 5.92 Å². The number of aliphatic hydroxyl groups is 1. The maximum absolute atomic E-state index is 11.8. The fraction of sp³-hybridized carbons (Fsp3) is 0.562. The molecule has 1 N–H and O–H groups in total. The average Bonchev–Trinajstić information content (AvgIpc) is 2.57. The molecule has 0 aromatic heterocycles. The van der Waals surface area contributed by atoms with Crippen molar-refractivity contribution < 1.29 is 281 Å². The van der Waals surface area contributed by atoms with E-state index in [2.05, 4.69) is 0 Å². The average molecular weight is 636 g/mol.